The topological polar surface area (TPSA) is 114 Å². The molecular weight excluding hydrogens is 492 g/mol. The Bertz CT molecular complexity index is 1290. The quantitative estimate of drug-likeness (QED) is 0.409. The third-order valence-electron chi connectivity index (χ3n) is 8.09. The summed E-state index contributed by atoms with van der Waals surface area (Å²) in [5.41, 5.74) is 9.26. The molecule has 0 spiro atoms. The molecule has 1 saturated carbocycles. The van der Waals surface area contributed by atoms with Gasteiger partial charge >= 0.3 is 0 Å². The van der Waals surface area contributed by atoms with Crippen LogP contribution in [-0.2, 0) is 9.59 Å². The first-order chi connectivity index (χ1) is 19.0. The molecule has 204 valence electrons. The van der Waals surface area contributed by atoms with E-state index in [9.17, 15) is 14.4 Å². The van der Waals surface area contributed by atoms with Gasteiger partial charge in [0.2, 0.25) is 11.8 Å². The third kappa shape index (κ3) is 5.75. The summed E-state index contributed by atoms with van der Waals surface area (Å²) in [6.07, 6.45) is 12.6. The third-order valence-corrected chi connectivity index (χ3v) is 8.09. The van der Waals surface area contributed by atoms with Crippen LogP contribution in [-0.4, -0.2) is 48.1 Å². The van der Waals surface area contributed by atoms with Crippen molar-refractivity contribution in [2.45, 2.75) is 57.4 Å². The number of fused-ring (bicyclic) bond motifs is 1. The number of primary amides is 1. The first kappa shape index (κ1) is 26.7. The fourth-order valence-electron chi connectivity index (χ4n) is 6.00. The number of amides is 3. The lowest BCUT2D eigenvalue weighted by atomic mass is 9.76. The number of nitrogens with zero attached hydrogens (tertiary/aromatic N) is 2. The Morgan fingerprint density at radius 1 is 0.974 bits per heavy atom. The largest absolute Gasteiger partial charge is 0.496 e. The van der Waals surface area contributed by atoms with Gasteiger partial charge in [0.1, 0.15) is 5.75 Å². The van der Waals surface area contributed by atoms with Crippen LogP contribution in [0.3, 0.4) is 0 Å². The van der Waals surface area contributed by atoms with Gasteiger partial charge in [0.05, 0.1) is 31.3 Å². The number of hydrogen-bond donors (Lipinski definition) is 2. The molecule has 0 aromatic heterocycles. The van der Waals surface area contributed by atoms with Crippen molar-refractivity contribution < 1.29 is 19.1 Å². The molecule has 0 bridgehead atoms. The summed E-state index contributed by atoms with van der Waals surface area (Å²) in [4.78, 5) is 36.9. The van der Waals surface area contributed by atoms with Crippen LogP contribution in [0.5, 0.6) is 5.75 Å². The highest BCUT2D eigenvalue weighted by atomic mass is 16.5. The summed E-state index contributed by atoms with van der Waals surface area (Å²) in [6.45, 7) is -0.212. The number of carbonyl (C=O) groups excluding carboxylic acids is 3. The van der Waals surface area contributed by atoms with Crippen molar-refractivity contribution >= 4 is 23.4 Å². The SMILES string of the molecule is COc1ccc(C2=NN(C3CCCCCC3)C(=O)[C@@H]3CC=CC[C@H]23)cc1-c1ccc(C(=O)NCC(N)=O)cc1. The molecule has 0 saturated heterocycles. The molecule has 2 atom stereocenters. The monoisotopic (exact) mass is 528 g/mol. The van der Waals surface area contributed by atoms with Crippen molar-refractivity contribution in [3.8, 4) is 16.9 Å². The minimum Gasteiger partial charge on any atom is -0.496 e. The van der Waals surface area contributed by atoms with Gasteiger partial charge in [-0.1, -0.05) is 50.0 Å². The number of allylic oxidation sites excluding steroid dienone is 2. The second-order valence-corrected chi connectivity index (χ2v) is 10.6. The van der Waals surface area contributed by atoms with Crippen LogP contribution in [0.1, 0.15) is 67.3 Å². The normalized spacial score (nSPS) is 21.5. The smallest absolute Gasteiger partial charge is 0.251 e. The minimum atomic E-state index is -0.595. The fraction of sp³-hybridized carbons (Fsp3) is 0.419. The number of nitrogens with two attached hydrogens (primary N) is 1. The summed E-state index contributed by atoms with van der Waals surface area (Å²) >= 11 is 0. The zero-order chi connectivity index (χ0) is 27.4. The van der Waals surface area contributed by atoms with Crippen molar-refractivity contribution in [2.75, 3.05) is 13.7 Å². The van der Waals surface area contributed by atoms with Crippen LogP contribution >= 0.6 is 0 Å². The minimum absolute atomic E-state index is 0.0436. The van der Waals surface area contributed by atoms with E-state index < -0.39 is 5.91 Å². The Morgan fingerprint density at radius 3 is 2.31 bits per heavy atom. The zero-order valence-electron chi connectivity index (χ0n) is 22.4. The fourth-order valence-corrected chi connectivity index (χ4v) is 6.00. The van der Waals surface area contributed by atoms with Crippen molar-refractivity contribution in [1.29, 1.82) is 0 Å². The number of nitrogens with one attached hydrogen (secondary N) is 1. The summed E-state index contributed by atoms with van der Waals surface area (Å²) in [7, 11) is 1.64. The van der Waals surface area contributed by atoms with Crippen molar-refractivity contribution in [1.82, 2.24) is 10.3 Å². The van der Waals surface area contributed by atoms with Crippen LogP contribution in [0.2, 0.25) is 0 Å². The van der Waals surface area contributed by atoms with Gasteiger partial charge in [-0.05, 0) is 67.1 Å². The van der Waals surface area contributed by atoms with E-state index in [-0.39, 0.29) is 36.2 Å². The molecule has 3 aliphatic rings. The lowest BCUT2D eigenvalue weighted by Gasteiger charge is -2.40. The van der Waals surface area contributed by atoms with Gasteiger partial charge in [-0.25, -0.2) is 5.01 Å². The van der Waals surface area contributed by atoms with Gasteiger partial charge in [0, 0.05) is 17.0 Å². The molecule has 2 aliphatic carbocycles. The van der Waals surface area contributed by atoms with Gasteiger partial charge in [-0.3, -0.25) is 14.4 Å². The number of rotatable bonds is 7. The van der Waals surface area contributed by atoms with Crippen molar-refractivity contribution in [3.05, 3.63) is 65.7 Å². The summed E-state index contributed by atoms with van der Waals surface area (Å²) in [6, 6.07) is 13.4. The Kier molecular flexibility index (Phi) is 8.10. The van der Waals surface area contributed by atoms with Gasteiger partial charge in [0.15, 0.2) is 0 Å². The average molecular weight is 529 g/mol. The number of methoxy groups -OCH3 is 1. The molecule has 1 heterocycles. The molecule has 1 aliphatic heterocycles. The van der Waals surface area contributed by atoms with Crippen LogP contribution in [0.4, 0.5) is 0 Å². The van der Waals surface area contributed by atoms with Crippen LogP contribution in [0.25, 0.3) is 11.1 Å². The van der Waals surface area contributed by atoms with E-state index in [0.717, 1.165) is 60.9 Å². The van der Waals surface area contributed by atoms with Gasteiger partial charge in [0.25, 0.3) is 5.91 Å². The highest BCUT2D eigenvalue weighted by Gasteiger charge is 2.42. The van der Waals surface area contributed by atoms with Gasteiger partial charge < -0.3 is 15.8 Å². The second kappa shape index (κ2) is 11.8. The highest BCUT2D eigenvalue weighted by Crippen LogP contribution is 2.39. The molecule has 0 radical (unpaired) electrons. The molecule has 1 fully saturated rings. The Morgan fingerprint density at radius 2 is 1.64 bits per heavy atom. The number of benzene rings is 2. The summed E-state index contributed by atoms with van der Waals surface area (Å²) in [5, 5.41) is 9.41. The molecule has 3 N–H and O–H groups in total. The Balaban J connectivity index is 1.49. The van der Waals surface area contributed by atoms with E-state index in [2.05, 4.69) is 23.5 Å². The first-order valence-electron chi connectivity index (χ1n) is 13.9. The van der Waals surface area contributed by atoms with Crippen molar-refractivity contribution in [2.24, 2.45) is 22.7 Å². The van der Waals surface area contributed by atoms with Gasteiger partial charge in [-0.15, -0.1) is 0 Å². The second-order valence-electron chi connectivity index (χ2n) is 10.6. The molecule has 8 nitrogen and oxygen atoms in total. The van der Waals surface area contributed by atoms with Crippen LogP contribution in [0, 0.1) is 11.8 Å². The van der Waals surface area contributed by atoms with Gasteiger partial charge in [-0.2, -0.15) is 5.10 Å². The molecule has 2 aromatic carbocycles. The maximum Gasteiger partial charge on any atom is 0.251 e. The predicted octanol–water partition coefficient (Wildman–Crippen LogP) is 4.43. The Hall–Kier alpha value is -3.94. The predicted molar refractivity (Wildman–Crippen MR) is 150 cm³/mol. The maximum atomic E-state index is 13.6. The Labute approximate surface area is 229 Å². The zero-order valence-corrected chi connectivity index (χ0v) is 22.4. The lowest BCUT2D eigenvalue weighted by molar-refractivity contribution is -0.140. The average Bonchev–Trinajstić information content (AvgIpc) is 3.26. The van der Waals surface area contributed by atoms with E-state index in [1.165, 1.54) is 12.8 Å². The van der Waals surface area contributed by atoms with E-state index >= 15 is 0 Å². The molecule has 2 aromatic rings. The van der Waals surface area contributed by atoms with E-state index in [1.54, 1.807) is 19.2 Å². The standard InChI is InChI=1S/C31H36N4O4/c1-39-27-17-16-22(18-26(27)20-12-14-21(15-13-20)30(37)33-19-28(32)36)29-24-10-6-7-11-25(24)31(38)35(34-29)23-8-4-2-3-5-9-23/h6-7,12-18,23-25H,2-5,8-11,19H2,1H3,(H2,32,36)(H,33,37)/t24-,25+/m0/s1. The van der Waals surface area contributed by atoms with E-state index in [1.807, 2.05) is 29.3 Å². The number of ether oxygens (including phenoxy) is 1. The first-order valence-corrected chi connectivity index (χ1v) is 13.9. The summed E-state index contributed by atoms with van der Waals surface area (Å²) < 4.78 is 5.69. The number of hydrazone groups is 1. The highest BCUT2D eigenvalue weighted by molar-refractivity contribution is 6.08. The molecule has 0 unspecified atom stereocenters. The molecule has 5 rings (SSSR count). The van der Waals surface area contributed by atoms with E-state index in [4.69, 9.17) is 15.6 Å². The van der Waals surface area contributed by atoms with Crippen molar-refractivity contribution in [3.63, 3.8) is 0 Å². The lowest BCUT2D eigenvalue weighted by Crippen LogP contribution is -2.49. The van der Waals surface area contributed by atoms with Crippen LogP contribution < -0.4 is 15.8 Å². The molecule has 3 amide bonds. The molecular formula is C31H36N4O4. The number of hydrogen-bond acceptors (Lipinski definition) is 5. The summed E-state index contributed by atoms with van der Waals surface area (Å²) in [5.74, 6) is -0.132. The van der Waals surface area contributed by atoms with E-state index in [0.29, 0.717) is 11.3 Å². The molecule has 8 heteroatoms. The van der Waals surface area contributed by atoms with Crippen LogP contribution in [0.15, 0.2) is 59.7 Å². The number of carbonyl (C=O) groups is 3. The maximum absolute atomic E-state index is 13.6. The molecule has 39 heavy (non-hydrogen) atoms.